The second kappa shape index (κ2) is 7.03. The summed E-state index contributed by atoms with van der Waals surface area (Å²) in [5.74, 6) is 0.0749. The summed E-state index contributed by atoms with van der Waals surface area (Å²) in [5.41, 5.74) is 1.83. The van der Waals surface area contributed by atoms with Gasteiger partial charge in [0.05, 0.1) is 5.01 Å². The number of rotatable bonds is 3. The van der Waals surface area contributed by atoms with E-state index in [1.165, 1.54) is 5.56 Å². The third-order valence-electron chi connectivity index (χ3n) is 3.98. The molecule has 1 aromatic carbocycles. The van der Waals surface area contributed by atoms with Crippen molar-refractivity contribution in [3.63, 3.8) is 0 Å². The molecule has 2 aromatic rings. The van der Waals surface area contributed by atoms with Gasteiger partial charge in [-0.1, -0.05) is 30.3 Å². The van der Waals surface area contributed by atoms with E-state index in [0.717, 1.165) is 44.0 Å². The van der Waals surface area contributed by atoms with Crippen LogP contribution < -0.4 is 0 Å². The van der Waals surface area contributed by atoms with Crippen LogP contribution in [0, 0.1) is 0 Å². The van der Waals surface area contributed by atoms with Crippen molar-refractivity contribution in [1.29, 1.82) is 0 Å². The lowest BCUT2D eigenvalue weighted by atomic mass is 10.2. The molecule has 0 bridgehead atoms. The van der Waals surface area contributed by atoms with Gasteiger partial charge in [-0.05, 0) is 25.6 Å². The van der Waals surface area contributed by atoms with Crippen LogP contribution in [0.1, 0.15) is 27.5 Å². The zero-order chi connectivity index (χ0) is 15.4. The molecule has 116 valence electrons. The molecule has 0 atom stereocenters. The van der Waals surface area contributed by atoms with Crippen molar-refractivity contribution < 1.29 is 4.79 Å². The molecule has 0 spiro atoms. The van der Waals surface area contributed by atoms with Crippen molar-refractivity contribution >= 4 is 17.2 Å². The average Bonchev–Trinajstić information content (AvgIpc) is 2.88. The molecule has 1 aliphatic rings. The van der Waals surface area contributed by atoms with E-state index in [-0.39, 0.29) is 5.91 Å². The standard InChI is InChI=1S/C17H21N3OS/c1-19-8-5-9-20(11-10-19)17(21)15-13-22-16(18-15)12-14-6-3-2-4-7-14/h2-4,6-7,13H,5,8-12H2,1H3. The normalized spacial score (nSPS) is 16.5. The van der Waals surface area contributed by atoms with Crippen LogP contribution in [0.3, 0.4) is 0 Å². The lowest BCUT2D eigenvalue weighted by Gasteiger charge is -2.19. The number of hydrogen-bond acceptors (Lipinski definition) is 4. The van der Waals surface area contributed by atoms with Gasteiger partial charge in [0.1, 0.15) is 5.69 Å². The molecule has 0 unspecified atom stereocenters. The Kier molecular flexibility index (Phi) is 4.85. The topological polar surface area (TPSA) is 36.4 Å². The van der Waals surface area contributed by atoms with E-state index in [9.17, 15) is 4.79 Å². The molecule has 22 heavy (non-hydrogen) atoms. The average molecular weight is 315 g/mol. The van der Waals surface area contributed by atoms with Gasteiger partial charge in [-0.15, -0.1) is 11.3 Å². The molecule has 1 aliphatic heterocycles. The first kappa shape index (κ1) is 15.2. The molecule has 3 rings (SSSR count). The number of benzene rings is 1. The quantitative estimate of drug-likeness (QED) is 0.873. The van der Waals surface area contributed by atoms with Crippen LogP contribution in [0.2, 0.25) is 0 Å². The van der Waals surface area contributed by atoms with Crippen molar-refractivity contribution in [2.75, 3.05) is 33.2 Å². The number of hydrogen-bond donors (Lipinski definition) is 0. The summed E-state index contributed by atoms with van der Waals surface area (Å²) in [7, 11) is 2.11. The molecule has 0 N–H and O–H groups in total. The zero-order valence-electron chi connectivity index (χ0n) is 12.9. The lowest BCUT2D eigenvalue weighted by molar-refractivity contribution is 0.0757. The second-order valence-electron chi connectivity index (χ2n) is 5.74. The number of nitrogens with zero attached hydrogens (tertiary/aromatic N) is 3. The predicted molar refractivity (Wildman–Crippen MR) is 89.4 cm³/mol. The fraction of sp³-hybridized carbons (Fsp3) is 0.412. The van der Waals surface area contributed by atoms with Crippen LogP contribution >= 0.6 is 11.3 Å². The third-order valence-corrected chi connectivity index (χ3v) is 4.82. The maximum atomic E-state index is 12.6. The Morgan fingerprint density at radius 2 is 2.00 bits per heavy atom. The van der Waals surface area contributed by atoms with E-state index in [2.05, 4.69) is 29.1 Å². The molecule has 1 aromatic heterocycles. The van der Waals surface area contributed by atoms with Gasteiger partial charge in [0.2, 0.25) is 0 Å². The zero-order valence-corrected chi connectivity index (χ0v) is 13.7. The van der Waals surface area contributed by atoms with Crippen molar-refractivity contribution in [1.82, 2.24) is 14.8 Å². The minimum Gasteiger partial charge on any atom is -0.336 e. The van der Waals surface area contributed by atoms with Crippen molar-refractivity contribution in [2.45, 2.75) is 12.8 Å². The van der Waals surface area contributed by atoms with E-state index >= 15 is 0 Å². The Bertz CT molecular complexity index is 626. The monoisotopic (exact) mass is 315 g/mol. The largest absolute Gasteiger partial charge is 0.336 e. The molecule has 1 fully saturated rings. The Labute approximate surface area is 135 Å². The van der Waals surface area contributed by atoms with Crippen molar-refractivity contribution in [3.8, 4) is 0 Å². The van der Waals surface area contributed by atoms with Gasteiger partial charge < -0.3 is 9.80 Å². The molecule has 0 radical (unpaired) electrons. The highest BCUT2D eigenvalue weighted by molar-refractivity contribution is 7.09. The first-order valence-corrected chi connectivity index (χ1v) is 8.56. The van der Waals surface area contributed by atoms with Gasteiger partial charge in [-0.2, -0.15) is 0 Å². The van der Waals surface area contributed by atoms with Crippen LogP contribution in [0.4, 0.5) is 0 Å². The first-order chi connectivity index (χ1) is 10.7. The minimum atomic E-state index is 0.0749. The predicted octanol–water partition coefficient (Wildman–Crippen LogP) is 2.51. The highest BCUT2D eigenvalue weighted by Gasteiger charge is 2.21. The summed E-state index contributed by atoms with van der Waals surface area (Å²) in [6.07, 6.45) is 1.82. The van der Waals surface area contributed by atoms with Crippen LogP contribution in [-0.2, 0) is 6.42 Å². The maximum absolute atomic E-state index is 12.6. The summed E-state index contributed by atoms with van der Waals surface area (Å²) >= 11 is 1.57. The van der Waals surface area contributed by atoms with E-state index in [1.54, 1.807) is 11.3 Å². The second-order valence-corrected chi connectivity index (χ2v) is 6.68. The molecular formula is C17H21N3OS. The maximum Gasteiger partial charge on any atom is 0.273 e. The Morgan fingerprint density at radius 3 is 2.82 bits per heavy atom. The van der Waals surface area contributed by atoms with Gasteiger partial charge in [0, 0.05) is 31.4 Å². The fourth-order valence-corrected chi connectivity index (χ4v) is 3.47. The molecule has 1 saturated heterocycles. The molecular weight excluding hydrogens is 294 g/mol. The Hall–Kier alpha value is -1.72. The minimum absolute atomic E-state index is 0.0749. The van der Waals surface area contributed by atoms with Crippen LogP contribution in [0.5, 0.6) is 0 Å². The SMILES string of the molecule is CN1CCCN(C(=O)c2csc(Cc3ccccc3)n2)CC1. The molecule has 5 heteroatoms. The molecule has 2 heterocycles. The van der Waals surface area contributed by atoms with Gasteiger partial charge >= 0.3 is 0 Å². The van der Waals surface area contributed by atoms with E-state index < -0.39 is 0 Å². The molecule has 0 aliphatic carbocycles. The van der Waals surface area contributed by atoms with E-state index in [4.69, 9.17) is 0 Å². The van der Waals surface area contributed by atoms with Crippen LogP contribution in [-0.4, -0.2) is 53.9 Å². The Balaban J connectivity index is 1.66. The van der Waals surface area contributed by atoms with E-state index in [1.807, 2.05) is 28.5 Å². The van der Waals surface area contributed by atoms with Gasteiger partial charge in [0.25, 0.3) is 5.91 Å². The van der Waals surface area contributed by atoms with Gasteiger partial charge in [-0.25, -0.2) is 4.98 Å². The van der Waals surface area contributed by atoms with Crippen LogP contribution in [0.25, 0.3) is 0 Å². The van der Waals surface area contributed by atoms with Crippen LogP contribution in [0.15, 0.2) is 35.7 Å². The summed E-state index contributed by atoms with van der Waals surface area (Å²) in [4.78, 5) is 21.3. The molecule has 4 nitrogen and oxygen atoms in total. The smallest absolute Gasteiger partial charge is 0.273 e. The highest BCUT2D eigenvalue weighted by Crippen LogP contribution is 2.16. The van der Waals surface area contributed by atoms with Gasteiger partial charge in [-0.3, -0.25) is 4.79 Å². The highest BCUT2D eigenvalue weighted by atomic mass is 32.1. The number of carbonyl (C=O) groups excluding carboxylic acids is 1. The fourth-order valence-electron chi connectivity index (χ4n) is 2.67. The van der Waals surface area contributed by atoms with Gasteiger partial charge in [0.15, 0.2) is 0 Å². The lowest BCUT2D eigenvalue weighted by Crippen LogP contribution is -2.34. The molecule has 1 amide bonds. The summed E-state index contributed by atoms with van der Waals surface area (Å²) < 4.78 is 0. The van der Waals surface area contributed by atoms with Crippen molar-refractivity contribution in [3.05, 3.63) is 52.0 Å². The first-order valence-electron chi connectivity index (χ1n) is 7.68. The summed E-state index contributed by atoms with van der Waals surface area (Å²) in [6.45, 7) is 3.61. The number of aromatic nitrogens is 1. The number of thiazole rings is 1. The summed E-state index contributed by atoms with van der Waals surface area (Å²) in [5, 5.41) is 2.90. The summed E-state index contributed by atoms with van der Waals surface area (Å²) in [6, 6.07) is 10.3. The molecule has 0 saturated carbocycles. The number of amides is 1. The third kappa shape index (κ3) is 3.72. The Morgan fingerprint density at radius 1 is 1.18 bits per heavy atom. The van der Waals surface area contributed by atoms with E-state index in [0.29, 0.717) is 5.69 Å². The number of likely N-dealkylation sites (N-methyl/N-ethyl adjacent to an activating group) is 1. The van der Waals surface area contributed by atoms with Crippen molar-refractivity contribution in [2.24, 2.45) is 0 Å². The number of carbonyl (C=O) groups is 1.